The highest BCUT2D eigenvalue weighted by Crippen LogP contribution is 2.31. The van der Waals surface area contributed by atoms with Crippen molar-refractivity contribution in [2.75, 3.05) is 0 Å². The molecule has 0 radical (unpaired) electrons. The predicted octanol–water partition coefficient (Wildman–Crippen LogP) is 1.21. The van der Waals surface area contributed by atoms with E-state index in [2.05, 4.69) is 0 Å². The number of aliphatic hydroxyl groups is 1. The van der Waals surface area contributed by atoms with Crippen LogP contribution < -0.4 is 5.73 Å². The van der Waals surface area contributed by atoms with Crippen molar-refractivity contribution in [2.24, 2.45) is 5.73 Å². The highest BCUT2D eigenvalue weighted by Gasteiger charge is 2.32. The number of rotatable bonds is 2. The van der Waals surface area contributed by atoms with Gasteiger partial charge < -0.3 is 15.3 Å². The lowest BCUT2D eigenvalue weighted by Crippen LogP contribution is -2.37. The van der Waals surface area contributed by atoms with Gasteiger partial charge >= 0.3 is 0 Å². The molecule has 11 heavy (non-hydrogen) atoms. The van der Waals surface area contributed by atoms with Gasteiger partial charge in [-0.3, -0.25) is 0 Å². The summed E-state index contributed by atoms with van der Waals surface area (Å²) in [5, 5.41) is 9.72. The fraction of sp³-hybridized carbons (Fsp3) is 0.429. The Hall–Kier alpha value is -0.0700. The molecule has 0 fully saturated rings. The van der Waals surface area contributed by atoms with Gasteiger partial charge in [-0.25, -0.2) is 0 Å². The summed E-state index contributed by atoms with van der Waals surface area (Å²) in [6.45, 7) is 1.73. The van der Waals surface area contributed by atoms with Crippen molar-refractivity contribution in [3.05, 3.63) is 24.2 Å². The zero-order chi connectivity index (χ0) is 8.48. The molecule has 4 heteroatoms. The number of alkyl halides is 1. The van der Waals surface area contributed by atoms with Gasteiger partial charge in [0.1, 0.15) is 5.76 Å². The quantitative estimate of drug-likeness (QED) is 0.625. The molecule has 3 nitrogen and oxygen atoms in total. The number of hydrogen-bond donors (Lipinski definition) is 2. The number of furan rings is 1. The Morgan fingerprint density at radius 1 is 1.82 bits per heavy atom. The molecule has 0 spiro atoms. The Balaban J connectivity index is 2.90. The first-order chi connectivity index (χ1) is 5.05. The van der Waals surface area contributed by atoms with Gasteiger partial charge in [0.15, 0.2) is 3.61 Å². The maximum Gasteiger partial charge on any atom is 0.188 e. The zero-order valence-electron chi connectivity index (χ0n) is 6.12. The molecule has 0 aromatic carbocycles. The summed E-state index contributed by atoms with van der Waals surface area (Å²) in [5.41, 5.74) is 5.54. The predicted molar refractivity (Wildman–Crippen MR) is 50.3 cm³/mol. The minimum Gasteiger partial charge on any atom is -0.465 e. The van der Waals surface area contributed by atoms with Crippen LogP contribution in [0.25, 0.3) is 0 Å². The molecule has 3 N–H and O–H groups in total. The fourth-order valence-electron chi connectivity index (χ4n) is 0.702. The molecule has 2 unspecified atom stereocenters. The van der Waals surface area contributed by atoms with Crippen LogP contribution in [-0.2, 0) is 3.61 Å². The summed E-state index contributed by atoms with van der Waals surface area (Å²) in [5.74, 6) is 0.494. The second-order valence-corrected chi connectivity index (χ2v) is 4.08. The number of hydrogen-bond acceptors (Lipinski definition) is 3. The second kappa shape index (κ2) is 3.12. The largest absolute Gasteiger partial charge is 0.465 e. The SMILES string of the molecule is CC(N)C(O)(I)c1ccco1. The van der Waals surface area contributed by atoms with E-state index >= 15 is 0 Å². The molecule has 0 saturated heterocycles. The van der Waals surface area contributed by atoms with Crippen molar-refractivity contribution >= 4 is 22.6 Å². The Morgan fingerprint density at radius 3 is 2.82 bits per heavy atom. The monoisotopic (exact) mass is 267 g/mol. The van der Waals surface area contributed by atoms with Crippen molar-refractivity contribution < 1.29 is 9.52 Å². The maximum atomic E-state index is 9.72. The highest BCUT2D eigenvalue weighted by atomic mass is 127. The standard InChI is InChI=1S/C7H10INO2/c1-5(9)7(8,10)6-3-2-4-11-6/h2-5,10H,9H2,1H3. The molecule has 0 amide bonds. The Kier molecular flexibility index (Phi) is 2.56. The van der Waals surface area contributed by atoms with E-state index in [1.54, 1.807) is 19.1 Å². The Bertz CT molecular complexity index is 218. The van der Waals surface area contributed by atoms with E-state index in [-0.39, 0.29) is 6.04 Å². The van der Waals surface area contributed by atoms with E-state index in [4.69, 9.17) is 10.2 Å². The van der Waals surface area contributed by atoms with Crippen LogP contribution in [0.15, 0.2) is 22.8 Å². The van der Waals surface area contributed by atoms with Gasteiger partial charge in [0.2, 0.25) is 0 Å². The Labute approximate surface area is 78.7 Å². The summed E-state index contributed by atoms with van der Waals surface area (Å²) in [6, 6.07) is 3.08. The van der Waals surface area contributed by atoms with E-state index in [0.717, 1.165) is 0 Å². The highest BCUT2D eigenvalue weighted by molar-refractivity contribution is 14.1. The summed E-state index contributed by atoms with van der Waals surface area (Å²) in [6.07, 6.45) is 1.52. The van der Waals surface area contributed by atoms with E-state index in [9.17, 15) is 5.11 Å². The molecule has 1 aromatic heterocycles. The maximum absolute atomic E-state index is 9.72. The summed E-state index contributed by atoms with van der Waals surface area (Å²) < 4.78 is 3.93. The van der Waals surface area contributed by atoms with E-state index < -0.39 is 3.61 Å². The lowest BCUT2D eigenvalue weighted by Gasteiger charge is -2.22. The topological polar surface area (TPSA) is 59.4 Å². The van der Waals surface area contributed by atoms with E-state index in [1.165, 1.54) is 6.26 Å². The van der Waals surface area contributed by atoms with Crippen LogP contribution in [0, 0.1) is 0 Å². The first-order valence-electron chi connectivity index (χ1n) is 3.26. The van der Waals surface area contributed by atoms with E-state index in [1.807, 2.05) is 22.6 Å². The van der Waals surface area contributed by atoms with Crippen LogP contribution >= 0.6 is 22.6 Å². The molecule has 1 rings (SSSR count). The first-order valence-corrected chi connectivity index (χ1v) is 4.34. The molecule has 0 saturated carbocycles. The molecule has 0 aliphatic heterocycles. The van der Waals surface area contributed by atoms with Crippen molar-refractivity contribution in [1.29, 1.82) is 0 Å². The summed E-state index contributed by atoms with van der Waals surface area (Å²) in [7, 11) is 0. The molecule has 62 valence electrons. The van der Waals surface area contributed by atoms with Gasteiger partial charge in [-0.1, -0.05) is 0 Å². The van der Waals surface area contributed by atoms with Crippen LogP contribution in [0.1, 0.15) is 12.7 Å². The Morgan fingerprint density at radius 2 is 2.45 bits per heavy atom. The summed E-state index contributed by atoms with van der Waals surface area (Å²) >= 11 is 1.87. The first kappa shape index (κ1) is 9.02. The molecule has 0 bridgehead atoms. The third-order valence-electron chi connectivity index (χ3n) is 1.47. The minimum absolute atomic E-state index is 0.353. The van der Waals surface area contributed by atoms with Gasteiger partial charge in [-0.05, 0) is 41.6 Å². The molecular formula is C7H10INO2. The minimum atomic E-state index is -1.10. The van der Waals surface area contributed by atoms with Crippen molar-refractivity contribution in [3.63, 3.8) is 0 Å². The molecule has 0 aliphatic rings. The third-order valence-corrected chi connectivity index (χ3v) is 2.98. The van der Waals surface area contributed by atoms with Crippen LogP contribution in [0.5, 0.6) is 0 Å². The van der Waals surface area contributed by atoms with Gasteiger partial charge in [0, 0.05) is 6.04 Å². The van der Waals surface area contributed by atoms with Crippen LogP contribution in [0.3, 0.4) is 0 Å². The van der Waals surface area contributed by atoms with Gasteiger partial charge in [-0.2, -0.15) is 0 Å². The molecule has 0 aliphatic carbocycles. The average molecular weight is 267 g/mol. The van der Waals surface area contributed by atoms with Gasteiger partial charge in [-0.15, -0.1) is 0 Å². The lowest BCUT2D eigenvalue weighted by molar-refractivity contribution is 0.107. The van der Waals surface area contributed by atoms with Crippen molar-refractivity contribution in [2.45, 2.75) is 16.6 Å². The molecule has 1 aromatic rings. The molecule has 2 atom stereocenters. The average Bonchev–Trinajstić information content (AvgIpc) is 2.37. The van der Waals surface area contributed by atoms with Crippen LogP contribution in [-0.4, -0.2) is 11.1 Å². The second-order valence-electron chi connectivity index (χ2n) is 2.44. The normalized spacial score (nSPS) is 19.3. The smallest absolute Gasteiger partial charge is 0.188 e. The van der Waals surface area contributed by atoms with Gasteiger partial charge in [0.05, 0.1) is 6.26 Å². The lowest BCUT2D eigenvalue weighted by atomic mass is 10.1. The zero-order valence-corrected chi connectivity index (χ0v) is 8.28. The molecular weight excluding hydrogens is 257 g/mol. The van der Waals surface area contributed by atoms with Gasteiger partial charge in [0.25, 0.3) is 0 Å². The number of halogens is 1. The third kappa shape index (κ3) is 1.74. The molecule has 1 heterocycles. The van der Waals surface area contributed by atoms with Crippen molar-refractivity contribution in [1.82, 2.24) is 0 Å². The fourth-order valence-corrected chi connectivity index (χ4v) is 1.01. The summed E-state index contributed by atoms with van der Waals surface area (Å²) in [4.78, 5) is 0. The van der Waals surface area contributed by atoms with Crippen molar-refractivity contribution in [3.8, 4) is 0 Å². The van der Waals surface area contributed by atoms with Crippen LogP contribution in [0.4, 0.5) is 0 Å². The van der Waals surface area contributed by atoms with E-state index in [0.29, 0.717) is 5.76 Å². The number of nitrogens with two attached hydrogens (primary N) is 1. The van der Waals surface area contributed by atoms with Crippen LogP contribution in [0.2, 0.25) is 0 Å².